The van der Waals surface area contributed by atoms with Gasteiger partial charge in [0.15, 0.2) is 5.65 Å². The Morgan fingerprint density at radius 1 is 1.06 bits per heavy atom. The number of anilines is 2. The van der Waals surface area contributed by atoms with Crippen LogP contribution in [0.1, 0.15) is 6.92 Å². The van der Waals surface area contributed by atoms with Crippen LogP contribution in [0.3, 0.4) is 0 Å². The minimum atomic E-state index is 0.0710. The van der Waals surface area contributed by atoms with Gasteiger partial charge in [-0.05, 0) is 36.4 Å². The molecule has 10 heteroatoms. The van der Waals surface area contributed by atoms with E-state index in [0.29, 0.717) is 59.7 Å². The third kappa shape index (κ3) is 3.99. The van der Waals surface area contributed by atoms with Gasteiger partial charge in [0.25, 0.3) is 0 Å². The monoisotopic (exact) mass is 477 g/mol. The van der Waals surface area contributed by atoms with Crippen LogP contribution in [-0.2, 0) is 4.79 Å². The normalized spacial score (nSPS) is 14.0. The number of carbonyl (C=O) groups excluding carboxylic acids is 1. The summed E-state index contributed by atoms with van der Waals surface area (Å²) >= 11 is 6.29. The van der Waals surface area contributed by atoms with Crippen LogP contribution >= 0.6 is 11.6 Å². The molecule has 0 atom stereocenters. The van der Waals surface area contributed by atoms with Crippen LogP contribution < -0.4 is 15.4 Å². The lowest BCUT2D eigenvalue weighted by Gasteiger charge is -2.34. The van der Waals surface area contributed by atoms with E-state index in [4.69, 9.17) is 37.1 Å². The number of carbonyl (C=O) groups is 1. The number of hydrogen-bond donors (Lipinski definition) is 1. The van der Waals surface area contributed by atoms with E-state index in [1.807, 2.05) is 53.4 Å². The summed E-state index contributed by atoms with van der Waals surface area (Å²) in [6.45, 7) is 4.09. The zero-order valence-electron chi connectivity index (χ0n) is 18.9. The van der Waals surface area contributed by atoms with Crippen LogP contribution in [-0.4, -0.2) is 63.8 Å². The Labute approximate surface area is 201 Å². The maximum atomic E-state index is 11.7. The lowest BCUT2D eigenvalue weighted by Crippen LogP contribution is -2.48. The number of fused-ring (bicyclic) bond motifs is 1. The second-order valence-corrected chi connectivity index (χ2v) is 8.51. The number of hydrogen-bond acceptors (Lipinski definition) is 7. The van der Waals surface area contributed by atoms with Crippen molar-refractivity contribution < 1.29 is 9.53 Å². The topological polar surface area (TPSA) is 102 Å². The van der Waals surface area contributed by atoms with Crippen LogP contribution in [0.5, 0.6) is 5.75 Å². The van der Waals surface area contributed by atoms with Gasteiger partial charge in [-0.2, -0.15) is 4.98 Å². The van der Waals surface area contributed by atoms with Crippen molar-refractivity contribution in [3.8, 4) is 22.7 Å². The van der Waals surface area contributed by atoms with Crippen molar-refractivity contribution in [2.45, 2.75) is 6.92 Å². The van der Waals surface area contributed by atoms with Crippen molar-refractivity contribution in [2.75, 3.05) is 43.9 Å². The Kier molecular flexibility index (Phi) is 5.70. The summed E-state index contributed by atoms with van der Waals surface area (Å²) in [4.78, 5) is 25.3. The van der Waals surface area contributed by atoms with E-state index >= 15 is 0 Å². The number of methoxy groups -OCH3 is 1. The average molecular weight is 478 g/mol. The van der Waals surface area contributed by atoms with E-state index in [1.54, 1.807) is 18.7 Å². The largest absolute Gasteiger partial charge is 0.497 e. The number of nitrogens with two attached hydrogens (primary N) is 1. The zero-order chi connectivity index (χ0) is 23.8. The number of halogens is 1. The molecule has 1 amide bonds. The zero-order valence-corrected chi connectivity index (χ0v) is 19.7. The molecule has 3 heterocycles. The molecular weight excluding hydrogens is 454 g/mol. The summed E-state index contributed by atoms with van der Waals surface area (Å²) in [6, 6.07) is 15.0. The fraction of sp³-hybridized carbons (Fsp3) is 0.250. The van der Waals surface area contributed by atoms with E-state index < -0.39 is 0 Å². The SMILES string of the molecule is COc1ccc(-n2nc3nc(N4CCN(C(C)=O)CC4)nc(-c4cccc(Cl)c4)c3c2N)cc1. The van der Waals surface area contributed by atoms with Gasteiger partial charge >= 0.3 is 0 Å². The van der Waals surface area contributed by atoms with Crippen molar-refractivity contribution in [1.29, 1.82) is 0 Å². The Bertz CT molecular complexity index is 1360. The molecular formula is C24H24ClN7O2. The first-order chi connectivity index (χ1) is 16.4. The van der Waals surface area contributed by atoms with Gasteiger partial charge in [-0.15, -0.1) is 5.10 Å². The van der Waals surface area contributed by atoms with Crippen LogP contribution in [0.4, 0.5) is 11.8 Å². The van der Waals surface area contributed by atoms with Gasteiger partial charge in [0.05, 0.1) is 23.9 Å². The predicted molar refractivity (Wildman–Crippen MR) is 133 cm³/mol. The molecule has 0 spiro atoms. The number of nitrogens with zero attached hydrogens (tertiary/aromatic N) is 6. The minimum Gasteiger partial charge on any atom is -0.497 e. The molecule has 2 aromatic carbocycles. The van der Waals surface area contributed by atoms with Crippen LogP contribution in [0.2, 0.25) is 5.02 Å². The van der Waals surface area contributed by atoms with Crippen molar-refractivity contribution >= 4 is 40.3 Å². The number of ether oxygens (including phenoxy) is 1. The number of aromatic nitrogens is 4. The van der Waals surface area contributed by atoms with Crippen molar-refractivity contribution in [1.82, 2.24) is 24.6 Å². The number of nitrogen functional groups attached to an aromatic ring is 1. The standard InChI is InChI=1S/C24H24ClN7O2/c1-15(33)30-10-12-31(13-11-30)24-27-21(16-4-3-5-17(25)14-16)20-22(26)32(29-23(20)28-24)18-6-8-19(34-2)9-7-18/h3-9,14H,10-13,26H2,1-2H3. The highest BCUT2D eigenvalue weighted by Crippen LogP contribution is 2.34. The molecule has 1 aliphatic heterocycles. The highest BCUT2D eigenvalue weighted by atomic mass is 35.5. The van der Waals surface area contributed by atoms with Crippen LogP contribution in [0.25, 0.3) is 28.0 Å². The Balaban J connectivity index is 1.64. The molecule has 34 heavy (non-hydrogen) atoms. The first-order valence-electron chi connectivity index (χ1n) is 10.9. The molecule has 0 saturated carbocycles. The summed E-state index contributed by atoms with van der Waals surface area (Å²) in [6.07, 6.45) is 0. The highest BCUT2D eigenvalue weighted by molar-refractivity contribution is 6.30. The highest BCUT2D eigenvalue weighted by Gasteiger charge is 2.24. The summed E-state index contributed by atoms with van der Waals surface area (Å²) < 4.78 is 6.92. The van der Waals surface area contributed by atoms with E-state index in [-0.39, 0.29) is 5.91 Å². The van der Waals surface area contributed by atoms with Gasteiger partial charge < -0.3 is 20.3 Å². The molecule has 9 nitrogen and oxygen atoms in total. The molecule has 0 unspecified atom stereocenters. The lowest BCUT2D eigenvalue weighted by molar-refractivity contribution is -0.129. The minimum absolute atomic E-state index is 0.0710. The third-order valence-electron chi connectivity index (χ3n) is 5.98. The molecule has 4 aromatic rings. The van der Waals surface area contributed by atoms with Gasteiger partial charge in [0.2, 0.25) is 11.9 Å². The smallest absolute Gasteiger partial charge is 0.228 e. The Morgan fingerprint density at radius 2 is 1.79 bits per heavy atom. The average Bonchev–Trinajstić information content (AvgIpc) is 3.20. The lowest BCUT2D eigenvalue weighted by atomic mass is 10.1. The van der Waals surface area contributed by atoms with E-state index in [1.165, 1.54) is 0 Å². The van der Waals surface area contributed by atoms with Crippen LogP contribution in [0.15, 0.2) is 48.5 Å². The molecule has 0 bridgehead atoms. The Hall–Kier alpha value is -3.85. The molecule has 2 aromatic heterocycles. The van der Waals surface area contributed by atoms with E-state index in [9.17, 15) is 4.79 Å². The quantitative estimate of drug-likeness (QED) is 0.480. The molecule has 1 saturated heterocycles. The molecule has 174 valence electrons. The first-order valence-corrected chi connectivity index (χ1v) is 11.3. The van der Waals surface area contributed by atoms with Crippen LogP contribution in [0, 0.1) is 0 Å². The van der Waals surface area contributed by atoms with Crippen molar-refractivity contribution in [3.05, 3.63) is 53.6 Å². The van der Waals surface area contributed by atoms with Gasteiger partial charge in [-0.25, -0.2) is 9.67 Å². The summed E-state index contributed by atoms with van der Waals surface area (Å²) in [5.74, 6) is 1.79. The summed E-state index contributed by atoms with van der Waals surface area (Å²) in [7, 11) is 1.62. The van der Waals surface area contributed by atoms with Gasteiger partial charge in [0, 0.05) is 43.7 Å². The second kappa shape index (κ2) is 8.83. The summed E-state index contributed by atoms with van der Waals surface area (Å²) in [5, 5.41) is 5.98. The maximum Gasteiger partial charge on any atom is 0.228 e. The Morgan fingerprint density at radius 3 is 2.44 bits per heavy atom. The second-order valence-electron chi connectivity index (χ2n) is 8.07. The van der Waals surface area contributed by atoms with Gasteiger partial charge in [0.1, 0.15) is 11.6 Å². The number of piperazine rings is 1. The fourth-order valence-corrected chi connectivity index (χ4v) is 4.32. The number of amides is 1. The van der Waals surface area contributed by atoms with Gasteiger partial charge in [-0.3, -0.25) is 4.79 Å². The maximum absolute atomic E-state index is 11.7. The third-order valence-corrected chi connectivity index (χ3v) is 6.22. The molecule has 0 radical (unpaired) electrons. The molecule has 0 aliphatic carbocycles. The molecule has 1 aliphatic rings. The molecule has 1 fully saturated rings. The fourth-order valence-electron chi connectivity index (χ4n) is 4.13. The van der Waals surface area contributed by atoms with Crippen molar-refractivity contribution in [2.24, 2.45) is 0 Å². The number of benzene rings is 2. The van der Waals surface area contributed by atoms with Crippen molar-refractivity contribution in [3.63, 3.8) is 0 Å². The predicted octanol–water partition coefficient (Wildman–Crippen LogP) is 3.40. The molecule has 5 rings (SSSR count). The van der Waals surface area contributed by atoms with Gasteiger partial charge in [-0.1, -0.05) is 23.7 Å². The van der Waals surface area contributed by atoms with E-state index in [0.717, 1.165) is 17.0 Å². The van der Waals surface area contributed by atoms with E-state index in [2.05, 4.69) is 4.90 Å². The molecule has 2 N–H and O–H groups in total. The summed E-state index contributed by atoms with van der Waals surface area (Å²) in [5.41, 5.74) is 9.35. The first kappa shape index (κ1) is 22.0. The number of rotatable bonds is 4.